The van der Waals surface area contributed by atoms with Gasteiger partial charge < -0.3 is 5.73 Å². The molecule has 1 unspecified atom stereocenters. The number of nitrogens with one attached hydrogen (secondary N) is 1. The minimum atomic E-state index is 0.559. The van der Waals surface area contributed by atoms with Crippen LogP contribution >= 0.6 is 0 Å². The second-order valence-corrected chi connectivity index (χ2v) is 3.18. The van der Waals surface area contributed by atoms with Gasteiger partial charge >= 0.3 is 0 Å². The molecular formula is C8H13N3. The van der Waals surface area contributed by atoms with Crippen molar-refractivity contribution in [3.63, 3.8) is 0 Å². The zero-order valence-electron chi connectivity index (χ0n) is 6.72. The van der Waals surface area contributed by atoms with Gasteiger partial charge in [-0.1, -0.05) is 0 Å². The summed E-state index contributed by atoms with van der Waals surface area (Å²) in [6.07, 6.45) is 2.28. The van der Waals surface area contributed by atoms with Crippen LogP contribution in [0.15, 0.2) is 0 Å². The number of fused-ring (bicyclic) bond motifs is 1. The first kappa shape index (κ1) is 6.85. The summed E-state index contributed by atoms with van der Waals surface area (Å²) in [6, 6.07) is 0. The molecule has 0 saturated carbocycles. The third-order valence-electron chi connectivity index (χ3n) is 2.50. The SMILES string of the molecule is Cc1[nH]nc2c1C(CN)CC2. The van der Waals surface area contributed by atoms with E-state index in [4.69, 9.17) is 5.73 Å². The molecule has 1 heterocycles. The van der Waals surface area contributed by atoms with E-state index in [9.17, 15) is 0 Å². The normalized spacial score (nSPS) is 22.2. The molecule has 2 rings (SSSR count). The van der Waals surface area contributed by atoms with Gasteiger partial charge in [-0.2, -0.15) is 5.10 Å². The number of nitrogens with zero attached hydrogens (tertiary/aromatic N) is 1. The van der Waals surface area contributed by atoms with Crippen LogP contribution in [0, 0.1) is 6.92 Å². The number of hydrogen-bond acceptors (Lipinski definition) is 2. The van der Waals surface area contributed by atoms with Crippen LogP contribution in [0.2, 0.25) is 0 Å². The molecule has 0 spiro atoms. The molecular weight excluding hydrogens is 138 g/mol. The fourth-order valence-electron chi connectivity index (χ4n) is 1.91. The standard InChI is InChI=1S/C8H13N3/c1-5-8-6(4-9)2-3-7(8)11-10-5/h6H,2-4,9H2,1H3,(H,10,11). The molecule has 0 amide bonds. The van der Waals surface area contributed by atoms with Crippen LogP contribution in [0.3, 0.4) is 0 Å². The number of rotatable bonds is 1. The average molecular weight is 151 g/mol. The molecule has 1 aromatic heterocycles. The second kappa shape index (κ2) is 2.34. The van der Waals surface area contributed by atoms with E-state index in [1.165, 1.54) is 23.4 Å². The van der Waals surface area contributed by atoms with E-state index >= 15 is 0 Å². The van der Waals surface area contributed by atoms with Gasteiger partial charge in [-0.05, 0) is 26.3 Å². The molecule has 3 N–H and O–H groups in total. The van der Waals surface area contributed by atoms with Crippen LogP contribution in [0.25, 0.3) is 0 Å². The summed E-state index contributed by atoms with van der Waals surface area (Å²) >= 11 is 0. The summed E-state index contributed by atoms with van der Waals surface area (Å²) in [5, 5.41) is 7.21. The summed E-state index contributed by atoms with van der Waals surface area (Å²) in [4.78, 5) is 0. The lowest BCUT2D eigenvalue weighted by Crippen LogP contribution is -2.09. The van der Waals surface area contributed by atoms with E-state index in [1.54, 1.807) is 0 Å². The van der Waals surface area contributed by atoms with Crippen molar-refractivity contribution in [2.75, 3.05) is 6.54 Å². The lowest BCUT2D eigenvalue weighted by molar-refractivity contribution is 0.676. The highest BCUT2D eigenvalue weighted by atomic mass is 15.1. The van der Waals surface area contributed by atoms with Crippen molar-refractivity contribution >= 4 is 0 Å². The zero-order valence-corrected chi connectivity index (χ0v) is 6.72. The molecule has 1 aromatic rings. The highest BCUT2D eigenvalue weighted by molar-refractivity contribution is 5.33. The second-order valence-electron chi connectivity index (χ2n) is 3.18. The molecule has 0 aromatic carbocycles. The summed E-state index contributed by atoms with van der Waals surface area (Å²) in [5.74, 6) is 0.559. The number of aryl methyl sites for hydroxylation is 2. The van der Waals surface area contributed by atoms with Gasteiger partial charge in [0.1, 0.15) is 0 Å². The van der Waals surface area contributed by atoms with E-state index < -0.39 is 0 Å². The maximum absolute atomic E-state index is 5.64. The molecule has 1 aliphatic rings. The van der Waals surface area contributed by atoms with E-state index in [1.807, 2.05) is 0 Å². The Kier molecular flexibility index (Phi) is 1.46. The van der Waals surface area contributed by atoms with Crippen LogP contribution in [0.1, 0.15) is 29.3 Å². The zero-order chi connectivity index (χ0) is 7.84. The number of aromatic amines is 1. The molecule has 0 radical (unpaired) electrons. The maximum Gasteiger partial charge on any atom is 0.0660 e. The maximum atomic E-state index is 5.64. The minimum absolute atomic E-state index is 0.559. The van der Waals surface area contributed by atoms with Crippen molar-refractivity contribution in [2.45, 2.75) is 25.7 Å². The van der Waals surface area contributed by atoms with Crippen LogP contribution in [0.4, 0.5) is 0 Å². The van der Waals surface area contributed by atoms with E-state index in [2.05, 4.69) is 17.1 Å². The number of H-pyrrole nitrogens is 1. The minimum Gasteiger partial charge on any atom is -0.330 e. The Hall–Kier alpha value is -0.830. The van der Waals surface area contributed by atoms with Crippen LogP contribution in [-0.4, -0.2) is 16.7 Å². The first-order chi connectivity index (χ1) is 5.33. The topological polar surface area (TPSA) is 54.7 Å². The largest absolute Gasteiger partial charge is 0.330 e. The number of aromatic nitrogens is 2. The van der Waals surface area contributed by atoms with E-state index in [-0.39, 0.29) is 0 Å². The van der Waals surface area contributed by atoms with Crippen molar-refractivity contribution in [2.24, 2.45) is 5.73 Å². The highest BCUT2D eigenvalue weighted by Gasteiger charge is 2.25. The van der Waals surface area contributed by atoms with Crippen molar-refractivity contribution in [3.8, 4) is 0 Å². The Morgan fingerprint density at radius 1 is 1.73 bits per heavy atom. The third kappa shape index (κ3) is 0.878. The van der Waals surface area contributed by atoms with Gasteiger partial charge in [0, 0.05) is 17.2 Å². The van der Waals surface area contributed by atoms with Crippen molar-refractivity contribution in [1.82, 2.24) is 10.2 Å². The number of hydrogen-bond donors (Lipinski definition) is 2. The Labute approximate surface area is 66.0 Å². The van der Waals surface area contributed by atoms with Crippen molar-refractivity contribution in [1.29, 1.82) is 0 Å². The first-order valence-corrected chi connectivity index (χ1v) is 4.06. The van der Waals surface area contributed by atoms with Crippen LogP contribution < -0.4 is 5.73 Å². The van der Waals surface area contributed by atoms with Crippen molar-refractivity contribution < 1.29 is 0 Å². The summed E-state index contributed by atoms with van der Waals surface area (Å²) in [7, 11) is 0. The Bertz CT molecular complexity index is 264. The van der Waals surface area contributed by atoms with Crippen LogP contribution in [-0.2, 0) is 6.42 Å². The molecule has 11 heavy (non-hydrogen) atoms. The Morgan fingerprint density at radius 2 is 2.55 bits per heavy atom. The third-order valence-corrected chi connectivity index (χ3v) is 2.50. The van der Waals surface area contributed by atoms with Gasteiger partial charge in [0.2, 0.25) is 0 Å². The van der Waals surface area contributed by atoms with Crippen molar-refractivity contribution in [3.05, 3.63) is 17.0 Å². The summed E-state index contributed by atoms with van der Waals surface area (Å²) < 4.78 is 0. The summed E-state index contributed by atoms with van der Waals surface area (Å²) in [5.41, 5.74) is 9.45. The van der Waals surface area contributed by atoms with Gasteiger partial charge in [-0.3, -0.25) is 5.10 Å². The van der Waals surface area contributed by atoms with E-state index in [0.29, 0.717) is 5.92 Å². The predicted molar refractivity (Wildman–Crippen MR) is 43.4 cm³/mol. The molecule has 3 heteroatoms. The monoisotopic (exact) mass is 151 g/mol. The lowest BCUT2D eigenvalue weighted by Gasteiger charge is -2.05. The average Bonchev–Trinajstić information content (AvgIpc) is 2.54. The molecule has 60 valence electrons. The lowest BCUT2D eigenvalue weighted by atomic mass is 10.0. The number of nitrogens with two attached hydrogens (primary N) is 1. The molecule has 1 aliphatic carbocycles. The first-order valence-electron chi connectivity index (χ1n) is 4.06. The van der Waals surface area contributed by atoms with Gasteiger partial charge in [-0.25, -0.2) is 0 Å². The molecule has 0 fully saturated rings. The summed E-state index contributed by atoms with van der Waals surface area (Å²) in [6.45, 7) is 2.83. The van der Waals surface area contributed by atoms with E-state index in [0.717, 1.165) is 13.0 Å². The molecule has 0 bridgehead atoms. The molecule has 0 saturated heterocycles. The fraction of sp³-hybridized carbons (Fsp3) is 0.625. The van der Waals surface area contributed by atoms with Gasteiger partial charge in [0.25, 0.3) is 0 Å². The van der Waals surface area contributed by atoms with Gasteiger partial charge in [-0.15, -0.1) is 0 Å². The fourth-order valence-corrected chi connectivity index (χ4v) is 1.91. The molecule has 1 atom stereocenters. The Balaban J connectivity index is 2.42. The highest BCUT2D eigenvalue weighted by Crippen LogP contribution is 2.32. The quantitative estimate of drug-likeness (QED) is 0.621. The molecule has 3 nitrogen and oxygen atoms in total. The van der Waals surface area contributed by atoms with Crippen LogP contribution in [0.5, 0.6) is 0 Å². The molecule has 0 aliphatic heterocycles. The van der Waals surface area contributed by atoms with Gasteiger partial charge in [0.05, 0.1) is 5.69 Å². The smallest absolute Gasteiger partial charge is 0.0660 e. The van der Waals surface area contributed by atoms with Gasteiger partial charge in [0.15, 0.2) is 0 Å². The predicted octanol–water partition coefficient (Wildman–Crippen LogP) is 0.707. The Morgan fingerprint density at radius 3 is 3.27 bits per heavy atom.